The summed E-state index contributed by atoms with van der Waals surface area (Å²) in [6.07, 6.45) is -0.614. The average Bonchev–Trinajstić information content (AvgIpc) is 2.33. The van der Waals surface area contributed by atoms with Gasteiger partial charge in [0.05, 0.1) is 5.56 Å². The number of ether oxygens (including phenoxy) is 2. The van der Waals surface area contributed by atoms with Gasteiger partial charge in [0.2, 0.25) is 0 Å². The molecule has 0 bridgehead atoms. The molecule has 0 spiro atoms. The first-order valence-electron chi connectivity index (χ1n) is 6.44. The van der Waals surface area contributed by atoms with Gasteiger partial charge >= 0.3 is 12.1 Å². The second kappa shape index (κ2) is 6.88. The Morgan fingerprint density at radius 1 is 1.19 bits per heavy atom. The van der Waals surface area contributed by atoms with Crippen LogP contribution in [0.3, 0.4) is 0 Å². The minimum absolute atomic E-state index is 0.241. The lowest BCUT2D eigenvalue weighted by Crippen LogP contribution is -2.27. The number of carbonyl (C=O) groups is 3. The van der Waals surface area contributed by atoms with Crippen LogP contribution in [-0.2, 0) is 14.3 Å². The fourth-order valence-corrected chi connectivity index (χ4v) is 1.40. The smallest absolute Gasteiger partial charge is 0.412 e. The molecule has 0 aromatic heterocycles. The van der Waals surface area contributed by atoms with Crippen LogP contribution in [0.25, 0.3) is 0 Å². The van der Waals surface area contributed by atoms with Crippen molar-refractivity contribution in [2.75, 3.05) is 11.9 Å². The summed E-state index contributed by atoms with van der Waals surface area (Å²) in [6.45, 7) is 6.31. The molecule has 21 heavy (non-hydrogen) atoms. The second-order valence-electron chi connectivity index (χ2n) is 5.49. The van der Waals surface area contributed by atoms with Gasteiger partial charge in [-0.1, -0.05) is 6.07 Å². The van der Waals surface area contributed by atoms with Crippen LogP contribution in [0.2, 0.25) is 0 Å². The van der Waals surface area contributed by atoms with E-state index in [1.54, 1.807) is 32.9 Å². The summed E-state index contributed by atoms with van der Waals surface area (Å²) in [5.74, 6) is -0.871. The third kappa shape index (κ3) is 6.56. The number of ketones is 1. The molecule has 0 aliphatic carbocycles. The fraction of sp³-hybridized carbons (Fsp3) is 0.400. The molecule has 114 valence electrons. The van der Waals surface area contributed by atoms with Crippen LogP contribution in [0.1, 0.15) is 38.1 Å². The van der Waals surface area contributed by atoms with E-state index in [-0.39, 0.29) is 18.0 Å². The zero-order valence-corrected chi connectivity index (χ0v) is 12.6. The van der Waals surface area contributed by atoms with Gasteiger partial charge < -0.3 is 9.47 Å². The zero-order valence-electron chi connectivity index (χ0n) is 12.6. The molecule has 0 aliphatic heterocycles. The van der Waals surface area contributed by atoms with Gasteiger partial charge in [-0.3, -0.25) is 10.1 Å². The first-order valence-corrected chi connectivity index (χ1v) is 6.44. The molecule has 0 aliphatic rings. The van der Waals surface area contributed by atoms with Crippen molar-refractivity contribution in [1.29, 1.82) is 0 Å². The van der Waals surface area contributed by atoms with Crippen molar-refractivity contribution in [3.8, 4) is 0 Å². The molecule has 6 heteroatoms. The minimum Gasteiger partial charge on any atom is -0.454 e. The largest absolute Gasteiger partial charge is 0.454 e. The van der Waals surface area contributed by atoms with Crippen LogP contribution in [0.5, 0.6) is 0 Å². The Bertz CT molecular complexity index is 545. The summed E-state index contributed by atoms with van der Waals surface area (Å²) in [7, 11) is 0. The van der Waals surface area contributed by atoms with E-state index in [0.29, 0.717) is 5.69 Å². The Hall–Kier alpha value is -2.37. The number of hydrogen-bond donors (Lipinski definition) is 1. The molecule has 1 aromatic carbocycles. The van der Waals surface area contributed by atoms with E-state index in [4.69, 9.17) is 9.47 Å². The van der Waals surface area contributed by atoms with Crippen LogP contribution in [0, 0.1) is 0 Å². The number of esters is 1. The fourth-order valence-electron chi connectivity index (χ4n) is 1.40. The van der Waals surface area contributed by atoms with E-state index in [2.05, 4.69) is 5.32 Å². The highest BCUT2D eigenvalue weighted by molar-refractivity contribution is 5.93. The highest BCUT2D eigenvalue weighted by atomic mass is 16.6. The third-order valence-electron chi connectivity index (χ3n) is 2.15. The van der Waals surface area contributed by atoms with Crippen molar-refractivity contribution in [3.63, 3.8) is 0 Å². The Morgan fingerprint density at radius 3 is 2.43 bits per heavy atom. The Kier molecular flexibility index (Phi) is 5.46. The number of hydrogen-bond acceptors (Lipinski definition) is 5. The summed E-state index contributed by atoms with van der Waals surface area (Å²) in [5.41, 5.74) is 0.0357. The Labute approximate surface area is 123 Å². The van der Waals surface area contributed by atoms with Crippen LogP contribution in [0.15, 0.2) is 24.3 Å². The molecular weight excluding hydrogens is 274 g/mol. The van der Waals surface area contributed by atoms with Crippen molar-refractivity contribution in [2.45, 2.75) is 33.3 Å². The lowest BCUT2D eigenvalue weighted by atomic mass is 10.2. The van der Waals surface area contributed by atoms with Crippen molar-refractivity contribution < 1.29 is 23.9 Å². The number of carbonyl (C=O) groups excluding carboxylic acids is 3. The topological polar surface area (TPSA) is 81.7 Å². The zero-order chi connectivity index (χ0) is 16.0. The van der Waals surface area contributed by atoms with Gasteiger partial charge in [-0.2, -0.15) is 0 Å². The highest BCUT2D eigenvalue weighted by Crippen LogP contribution is 2.14. The van der Waals surface area contributed by atoms with Crippen LogP contribution < -0.4 is 5.32 Å². The summed E-state index contributed by atoms with van der Waals surface area (Å²) >= 11 is 0. The number of Topliss-reactive ketones (excluding diaryl/α,β-unsaturated/α-hetero) is 1. The van der Waals surface area contributed by atoms with E-state index in [1.807, 2.05) is 0 Å². The lowest BCUT2D eigenvalue weighted by Gasteiger charge is -2.19. The Balaban J connectivity index is 2.70. The monoisotopic (exact) mass is 293 g/mol. The Morgan fingerprint density at radius 2 is 1.86 bits per heavy atom. The maximum absolute atomic E-state index is 11.7. The molecule has 1 N–H and O–H groups in total. The average molecular weight is 293 g/mol. The first-order chi connectivity index (χ1) is 9.67. The highest BCUT2D eigenvalue weighted by Gasteiger charge is 2.16. The van der Waals surface area contributed by atoms with E-state index < -0.39 is 17.7 Å². The number of rotatable bonds is 4. The van der Waals surface area contributed by atoms with Gasteiger partial charge in [-0.05, 0) is 45.9 Å². The van der Waals surface area contributed by atoms with Crippen molar-refractivity contribution in [1.82, 2.24) is 0 Å². The second-order valence-corrected chi connectivity index (χ2v) is 5.49. The van der Waals surface area contributed by atoms with Crippen molar-refractivity contribution >= 4 is 23.5 Å². The maximum atomic E-state index is 11.7. The molecule has 0 atom stereocenters. The predicted octanol–water partition coefficient (Wildman–Crippen LogP) is 2.78. The van der Waals surface area contributed by atoms with E-state index in [9.17, 15) is 14.4 Å². The summed E-state index contributed by atoms with van der Waals surface area (Å²) in [4.78, 5) is 34.1. The van der Waals surface area contributed by atoms with Gasteiger partial charge in [-0.15, -0.1) is 0 Å². The first kappa shape index (κ1) is 16.7. The van der Waals surface area contributed by atoms with E-state index in [0.717, 1.165) is 0 Å². The SMILES string of the molecule is CC(=O)COC(=O)c1cccc(NC(=O)OC(C)(C)C)c1. The van der Waals surface area contributed by atoms with E-state index in [1.165, 1.54) is 19.1 Å². The molecule has 0 heterocycles. The van der Waals surface area contributed by atoms with Crippen LogP contribution in [0.4, 0.5) is 10.5 Å². The van der Waals surface area contributed by atoms with Gasteiger partial charge in [0.25, 0.3) is 0 Å². The standard InChI is InChI=1S/C15H19NO5/c1-10(17)9-20-13(18)11-6-5-7-12(8-11)16-14(19)21-15(2,3)4/h5-8H,9H2,1-4H3,(H,16,19). The summed E-state index contributed by atoms with van der Waals surface area (Å²) in [5, 5.41) is 2.52. The molecule has 1 amide bonds. The molecule has 1 rings (SSSR count). The molecule has 0 saturated carbocycles. The molecular formula is C15H19NO5. The van der Waals surface area contributed by atoms with Crippen molar-refractivity contribution in [2.24, 2.45) is 0 Å². The van der Waals surface area contributed by atoms with E-state index >= 15 is 0 Å². The lowest BCUT2D eigenvalue weighted by molar-refractivity contribution is -0.120. The van der Waals surface area contributed by atoms with Gasteiger partial charge in [0.1, 0.15) is 12.2 Å². The molecule has 0 saturated heterocycles. The normalized spacial score (nSPS) is 10.7. The van der Waals surface area contributed by atoms with Gasteiger partial charge in [0, 0.05) is 5.69 Å². The molecule has 0 unspecified atom stereocenters. The number of benzene rings is 1. The number of nitrogens with one attached hydrogen (secondary N) is 1. The van der Waals surface area contributed by atoms with Gasteiger partial charge in [0.15, 0.2) is 5.78 Å². The van der Waals surface area contributed by atoms with Crippen molar-refractivity contribution in [3.05, 3.63) is 29.8 Å². The summed E-state index contributed by atoms with van der Waals surface area (Å²) < 4.78 is 9.91. The van der Waals surface area contributed by atoms with Crippen LogP contribution in [-0.4, -0.2) is 30.1 Å². The maximum Gasteiger partial charge on any atom is 0.412 e. The van der Waals surface area contributed by atoms with Crippen LogP contribution >= 0.6 is 0 Å². The predicted molar refractivity (Wildman–Crippen MR) is 77.3 cm³/mol. The molecule has 6 nitrogen and oxygen atoms in total. The molecule has 0 fully saturated rings. The summed E-state index contributed by atoms with van der Waals surface area (Å²) in [6, 6.07) is 6.19. The number of amides is 1. The third-order valence-corrected chi connectivity index (χ3v) is 2.15. The molecule has 0 radical (unpaired) electrons. The number of anilines is 1. The molecule has 1 aromatic rings. The minimum atomic E-state index is -0.627. The van der Waals surface area contributed by atoms with Gasteiger partial charge in [-0.25, -0.2) is 9.59 Å². The quantitative estimate of drug-likeness (QED) is 0.863.